The Morgan fingerprint density at radius 3 is 2.23 bits per heavy atom. The van der Waals surface area contributed by atoms with E-state index >= 15 is 0 Å². The molecule has 0 atom stereocenters. The normalized spacial score (nSPS) is 14.0. The van der Waals surface area contributed by atoms with Crippen LogP contribution >= 0.6 is 0 Å². The van der Waals surface area contributed by atoms with Gasteiger partial charge in [-0.15, -0.1) is 0 Å². The van der Waals surface area contributed by atoms with Gasteiger partial charge in [0.15, 0.2) is 0 Å². The first-order valence-electron chi connectivity index (χ1n) is 11.6. The van der Waals surface area contributed by atoms with E-state index in [4.69, 9.17) is 4.74 Å². The van der Waals surface area contributed by atoms with E-state index in [1.54, 1.807) is 11.8 Å². The Hall–Kier alpha value is -3.69. The number of carboxylic acids is 1. The van der Waals surface area contributed by atoms with Crippen molar-refractivity contribution in [2.45, 2.75) is 46.8 Å². The number of ether oxygens (including phenoxy) is 1. The van der Waals surface area contributed by atoms with Crippen molar-refractivity contribution in [2.24, 2.45) is 0 Å². The zero-order valence-electron chi connectivity index (χ0n) is 20.9. The number of carbonyl (C=O) groups excluding carboxylic acids is 2. The summed E-state index contributed by atoms with van der Waals surface area (Å²) in [4.78, 5) is 50.7. The molecule has 0 spiro atoms. The van der Waals surface area contributed by atoms with Gasteiger partial charge in [-0.2, -0.15) is 0 Å². The van der Waals surface area contributed by atoms with Crippen LogP contribution in [0, 0.1) is 13.8 Å². The standard InChI is InChI=1S/C25H33N5O5/c1-17-6-8-19(9-7-17)15-30(16-21(31)32)22(33)20-14-26-23(27-18(20)2)28-10-12-29(13-11-28)24(34)35-25(3,4)5/h6-9,14H,10-13,15-16H2,1-5H3,(H,31,32). The SMILES string of the molecule is Cc1ccc(CN(CC(=O)O)C(=O)c2cnc(N3CCN(C(=O)OC(C)(C)C)CC3)nc2C)cc1. The Morgan fingerprint density at radius 1 is 1.06 bits per heavy atom. The second-order valence-electron chi connectivity index (χ2n) is 9.66. The summed E-state index contributed by atoms with van der Waals surface area (Å²) in [5.74, 6) is -1.07. The van der Waals surface area contributed by atoms with Crippen molar-refractivity contribution >= 4 is 23.9 Å². The van der Waals surface area contributed by atoms with Crippen LogP contribution in [-0.2, 0) is 16.1 Å². The van der Waals surface area contributed by atoms with E-state index in [0.29, 0.717) is 37.8 Å². The molecule has 0 saturated carbocycles. The van der Waals surface area contributed by atoms with Crippen LogP contribution in [0.2, 0.25) is 0 Å². The summed E-state index contributed by atoms with van der Waals surface area (Å²) in [5, 5.41) is 9.34. The largest absolute Gasteiger partial charge is 0.480 e. The summed E-state index contributed by atoms with van der Waals surface area (Å²) in [6.45, 7) is 10.9. The van der Waals surface area contributed by atoms with Crippen molar-refractivity contribution in [1.82, 2.24) is 19.8 Å². The van der Waals surface area contributed by atoms with Crippen molar-refractivity contribution in [1.29, 1.82) is 0 Å². The maximum atomic E-state index is 13.2. The molecule has 2 heterocycles. The minimum atomic E-state index is -1.09. The summed E-state index contributed by atoms with van der Waals surface area (Å²) in [5.41, 5.74) is 2.09. The molecule has 10 nitrogen and oxygen atoms in total. The first kappa shape index (κ1) is 25.9. The number of anilines is 1. The molecule has 1 fully saturated rings. The summed E-state index contributed by atoms with van der Waals surface area (Å²) >= 11 is 0. The molecule has 0 bridgehead atoms. The topological polar surface area (TPSA) is 116 Å². The van der Waals surface area contributed by atoms with Gasteiger partial charge >= 0.3 is 12.1 Å². The number of amides is 2. The van der Waals surface area contributed by atoms with Crippen molar-refractivity contribution in [2.75, 3.05) is 37.6 Å². The molecule has 1 aliphatic rings. The van der Waals surface area contributed by atoms with E-state index in [2.05, 4.69) is 9.97 Å². The van der Waals surface area contributed by atoms with Crippen molar-refractivity contribution in [3.8, 4) is 0 Å². The third-order valence-corrected chi connectivity index (χ3v) is 5.52. The fourth-order valence-electron chi connectivity index (χ4n) is 3.68. The molecule has 0 unspecified atom stereocenters. The maximum Gasteiger partial charge on any atom is 0.410 e. The zero-order chi connectivity index (χ0) is 25.8. The molecule has 1 aliphatic heterocycles. The lowest BCUT2D eigenvalue weighted by Gasteiger charge is -2.35. The molecule has 1 aromatic heterocycles. The first-order chi connectivity index (χ1) is 16.4. The fourth-order valence-corrected chi connectivity index (χ4v) is 3.68. The van der Waals surface area contributed by atoms with Crippen LogP contribution in [0.3, 0.4) is 0 Å². The number of hydrogen-bond acceptors (Lipinski definition) is 7. The van der Waals surface area contributed by atoms with Gasteiger partial charge in [0.1, 0.15) is 12.1 Å². The number of aryl methyl sites for hydroxylation is 2. The number of hydrogen-bond donors (Lipinski definition) is 1. The average Bonchev–Trinajstić information content (AvgIpc) is 2.78. The van der Waals surface area contributed by atoms with Gasteiger partial charge in [-0.05, 0) is 40.2 Å². The van der Waals surface area contributed by atoms with Crippen LogP contribution in [0.25, 0.3) is 0 Å². The Morgan fingerprint density at radius 2 is 1.69 bits per heavy atom. The minimum absolute atomic E-state index is 0.166. The van der Waals surface area contributed by atoms with E-state index in [-0.39, 0.29) is 18.2 Å². The molecule has 1 saturated heterocycles. The highest BCUT2D eigenvalue weighted by Crippen LogP contribution is 2.18. The number of aromatic nitrogens is 2. The fraction of sp³-hybridized carbons (Fsp3) is 0.480. The van der Waals surface area contributed by atoms with Crippen LogP contribution in [0.1, 0.15) is 48.0 Å². The predicted octanol–water partition coefficient (Wildman–Crippen LogP) is 2.88. The smallest absolute Gasteiger partial charge is 0.410 e. The van der Waals surface area contributed by atoms with Gasteiger partial charge in [0.25, 0.3) is 5.91 Å². The molecular formula is C25H33N5O5. The minimum Gasteiger partial charge on any atom is -0.480 e. The molecule has 0 radical (unpaired) electrons. The second kappa shape index (κ2) is 10.7. The molecule has 1 aromatic carbocycles. The van der Waals surface area contributed by atoms with Crippen molar-refractivity contribution in [3.63, 3.8) is 0 Å². The number of carboxylic acid groups (broad SMARTS) is 1. The van der Waals surface area contributed by atoms with Gasteiger partial charge in [-0.3, -0.25) is 9.59 Å². The number of piperazine rings is 1. The molecule has 188 valence electrons. The van der Waals surface area contributed by atoms with Gasteiger partial charge < -0.3 is 24.5 Å². The quantitative estimate of drug-likeness (QED) is 0.667. The monoisotopic (exact) mass is 483 g/mol. The highest BCUT2D eigenvalue weighted by molar-refractivity contribution is 5.96. The van der Waals surface area contributed by atoms with Gasteiger partial charge in [-0.25, -0.2) is 14.8 Å². The number of aliphatic carboxylic acids is 1. The second-order valence-corrected chi connectivity index (χ2v) is 9.66. The van der Waals surface area contributed by atoms with Gasteiger partial charge in [-0.1, -0.05) is 29.8 Å². The Kier molecular flexibility index (Phi) is 7.93. The zero-order valence-corrected chi connectivity index (χ0v) is 20.9. The van der Waals surface area contributed by atoms with Gasteiger partial charge in [0, 0.05) is 38.9 Å². The van der Waals surface area contributed by atoms with E-state index in [9.17, 15) is 19.5 Å². The van der Waals surface area contributed by atoms with Crippen LogP contribution in [0.5, 0.6) is 0 Å². The lowest BCUT2D eigenvalue weighted by molar-refractivity contribution is -0.137. The van der Waals surface area contributed by atoms with Crippen LogP contribution in [0.15, 0.2) is 30.5 Å². The van der Waals surface area contributed by atoms with Gasteiger partial charge in [0.2, 0.25) is 5.95 Å². The summed E-state index contributed by atoms with van der Waals surface area (Å²) in [7, 11) is 0. The van der Waals surface area contributed by atoms with E-state index in [0.717, 1.165) is 11.1 Å². The van der Waals surface area contributed by atoms with Crippen molar-refractivity contribution < 1.29 is 24.2 Å². The van der Waals surface area contributed by atoms with E-state index < -0.39 is 24.0 Å². The van der Waals surface area contributed by atoms with Crippen LogP contribution in [0.4, 0.5) is 10.7 Å². The Labute approximate surface area is 205 Å². The predicted molar refractivity (Wildman–Crippen MR) is 130 cm³/mol. The Bertz CT molecular complexity index is 1070. The number of carbonyl (C=O) groups is 3. The molecule has 2 amide bonds. The van der Waals surface area contributed by atoms with E-state index in [1.165, 1.54) is 11.1 Å². The van der Waals surface area contributed by atoms with E-state index in [1.807, 2.05) is 56.9 Å². The number of nitrogens with zero attached hydrogens (tertiary/aromatic N) is 5. The molecule has 35 heavy (non-hydrogen) atoms. The van der Waals surface area contributed by atoms with Crippen LogP contribution < -0.4 is 4.90 Å². The maximum absolute atomic E-state index is 13.2. The van der Waals surface area contributed by atoms with Crippen LogP contribution in [-0.4, -0.2) is 81.2 Å². The molecule has 10 heteroatoms. The average molecular weight is 484 g/mol. The molecule has 1 N–H and O–H groups in total. The first-order valence-corrected chi connectivity index (χ1v) is 11.6. The third kappa shape index (κ3) is 7.14. The lowest BCUT2D eigenvalue weighted by atomic mass is 10.1. The summed E-state index contributed by atoms with van der Waals surface area (Å²) in [6, 6.07) is 7.59. The lowest BCUT2D eigenvalue weighted by Crippen LogP contribution is -2.50. The highest BCUT2D eigenvalue weighted by atomic mass is 16.6. The Balaban J connectivity index is 1.69. The highest BCUT2D eigenvalue weighted by Gasteiger charge is 2.28. The summed E-state index contributed by atoms with van der Waals surface area (Å²) in [6.07, 6.45) is 1.10. The molecular weight excluding hydrogens is 450 g/mol. The molecule has 0 aliphatic carbocycles. The van der Waals surface area contributed by atoms with Gasteiger partial charge in [0.05, 0.1) is 11.3 Å². The number of benzene rings is 1. The molecule has 2 aromatic rings. The van der Waals surface area contributed by atoms with Crippen molar-refractivity contribution in [3.05, 3.63) is 52.8 Å². The molecule has 3 rings (SSSR count). The summed E-state index contributed by atoms with van der Waals surface area (Å²) < 4.78 is 5.43. The number of rotatable bonds is 6. The third-order valence-electron chi connectivity index (χ3n) is 5.52.